The SMILES string of the molecule is CCc1nn2cc(-c3cc4c(OCc5csc(C6(F)CCOCC6)n5)cc(OC)cc4o3)nc2s1. The third-order valence-corrected chi connectivity index (χ3v) is 8.18. The predicted molar refractivity (Wildman–Crippen MR) is 131 cm³/mol. The van der Waals surface area contributed by atoms with Gasteiger partial charge in [0.05, 0.1) is 37.6 Å². The second kappa shape index (κ2) is 8.89. The van der Waals surface area contributed by atoms with Crippen LogP contribution in [0.2, 0.25) is 0 Å². The Morgan fingerprint density at radius 2 is 2.06 bits per heavy atom. The Morgan fingerprint density at radius 1 is 1.20 bits per heavy atom. The van der Waals surface area contributed by atoms with Crippen molar-refractivity contribution >= 4 is 38.6 Å². The van der Waals surface area contributed by atoms with E-state index in [0.29, 0.717) is 65.3 Å². The number of nitrogens with zero attached hydrogens (tertiary/aromatic N) is 4. The predicted octanol–water partition coefficient (Wildman–Crippen LogP) is 5.79. The molecule has 5 heterocycles. The molecule has 1 aliphatic heterocycles. The summed E-state index contributed by atoms with van der Waals surface area (Å²) in [6, 6.07) is 5.53. The van der Waals surface area contributed by atoms with E-state index in [1.807, 2.05) is 29.8 Å². The van der Waals surface area contributed by atoms with Gasteiger partial charge in [0.1, 0.15) is 39.4 Å². The molecular weight excluding hydrogens is 491 g/mol. The van der Waals surface area contributed by atoms with Crippen molar-refractivity contribution in [3.05, 3.63) is 45.5 Å². The van der Waals surface area contributed by atoms with Crippen molar-refractivity contribution in [1.29, 1.82) is 0 Å². The number of halogens is 1. The molecule has 0 unspecified atom stereocenters. The molecule has 0 N–H and O–H groups in total. The van der Waals surface area contributed by atoms with Gasteiger partial charge in [-0.05, 0) is 12.5 Å². The maximum Gasteiger partial charge on any atom is 0.212 e. The lowest BCUT2D eigenvalue weighted by atomic mass is 9.97. The van der Waals surface area contributed by atoms with Crippen molar-refractivity contribution in [3.63, 3.8) is 0 Å². The normalized spacial score (nSPS) is 15.7. The van der Waals surface area contributed by atoms with Crippen LogP contribution < -0.4 is 9.47 Å². The summed E-state index contributed by atoms with van der Waals surface area (Å²) in [6.45, 7) is 3.10. The number of alkyl halides is 1. The maximum atomic E-state index is 15.2. The molecule has 35 heavy (non-hydrogen) atoms. The van der Waals surface area contributed by atoms with Gasteiger partial charge in [-0.1, -0.05) is 18.3 Å². The Balaban J connectivity index is 1.27. The van der Waals surface area contributed by atoms with E-state index in [4.69, 9.17) is 18.6 Å². The first-order valence-corrected chi connectivity index (χ1v) is 13.1. The number of hydrogen-bond donors (Lipinski definition) is 0. The first-order chi connectivity index (χ1) is 17.0. The largest absolute Gasteiger partial charge is 0.496 e. The van der Waals surface area contributed by atoms with Crippen LogP contribution >= 0.6 is 22.7 Å². The van der Waals surface area contributed by atoms with Gasteiger partial charge in [0.2, 0.25) is 4.96 Å². The minimum absolute atomic E-state index is 0.204. The number of aromatic nitrogens is 4. The van der Waals surface area contributed by atoms with E-state index in [9.17, 15) is 0 Å². The summed E-state index contributed by atoms with van der Waals surface area (Å²) in [5.74, 6) is 1.82. The van der Waals surface area contributed by atoms with Gasteiger partial charge in [-0.2, -0.15) is 5.10 Å². The van der Waals surface area contributed by atoms with Gasteiger partial charge in [0, 0.05) is 30.4 Å². The molecule has 0 saturated carbocycles. The lowest BCUT2D eigenvalue weighted by Crippen LogP contribution is -2.29. The summed E-state index contributed by atoms with van der Waals surface area (Å²) in [6.07, 6.45) is 3.39. The van der Waals surface area contributed by atoms with E-state index >= 15 is 4.39 Å². The van der Waals surface area contributed by atoms with Crippen molar-refractivity contribution in [1.82, 2.24) is 19.6 Å². The van der Waals surface area contributed by atoms with Crippen LogP contribution in [0.25, 0.3) is 27.4 Å². The summed E-state index contributed by atoms with van der Waals surface area (Å²) < 4.78 is 40.0. The molecule has 182 valence electrons. The third kappa shape index (κ3) is 4.17. The molecule has 1 fully saturated rings. The lowest BCUT2D eigenvalue weighted by molar-refractivity contribution is -0.0117. The van der Waals surface area contributed by atoms with E-state index in [0.717, 1.165) is 21.8 Å². The van der Waals surface area contributed by atoms with Gasteiger partial charge >= 0.3 is 0 Å². The van der Waals surface area contributed by atoms with Gasteiger partial charge < -0.3 is 18.6 Å². The Labute approximate surface area is 208 Å². The van der Waals surface area contributed by atoms with Crippen molar-refractivity contribution in [2.24, 2.45) is 0 Å². The molecule has 8 nitrogen and oxygen atoms in total. The number of methoxy groups -OCH3 is 1. The molecule has 6 rings (SSSR count). The van der Waals surface area contributed by atoms with Gasteiger partial charge in [-0.3, -0.25) is 0 Å². The average molecular weight is 515 g/mol. The zero-order chi connectivity index (χ0) is 24.0. The average Bonchev–Trinajstić information content (AvgIpc) is 3.65. The van der Waals surface area contributed by atoms with Crippen molar-refractivity contribution in [2.45, 2.75) is 38.5 Å². The van der Waals surface area contributed by atoms with Crippen LogP contribution in [0.5, 0.6) is 11.5 Å². The number of hydrogen-bond acceptors (Lipinski definition) is 9. The summed E-state index contributed by atoms with van der Waals surface area (Å²) in [5, 5.41) is 8.68. The minimum atomic E-state index is -1.42. The molecule has 11 heteroatoms. The lowest BCUT2D eigenvalue weighted by Gasteiger charge is -2.27. The van der Waals surface area contributed by atoms with E-state index in [-0.39, 0.29) is 6.61 Å². The van der Waals surface area contributed by atoms with Crippen molar-refractivity contribution < 1.29 is 23.0 Å². The highest BCUT2D eigenvalue weighted by Crippen LogP contribution is 2.39. The molecule has 4 aromatic heterocycles. The molecule has 1 aromatic carbocycles. The molecule has 1 saturated heterocycles. The van der Waals surface area contributed by atoms with Crippen LogP contribution in [0.4, 0.5) is 4.39 Å². The van der Waals surface area contributed by atoms with E-state index in [1.165, 1.54) is 11.3 Å². The Morgan fingerprint density at radius 3 is 2.83 bits per heavy atom. The number of imidazole rings is 1. The fourth-order valence-electron chi connectivity index (χ4n) is 4.09. The first kappa shape index (κ1) is 22.4. The molecule has 5 aromatic rings. The fraction of sp³-hybridized carbons (Fsp3) is 0.375. The molecule has 1 aliphatic rings. The summed E-state index contributed by atoms with van der Waals surface area (Å²) in [7, 11) is 1.59. The molecule has 0 atom stereocenters. The number of furan rings is 1. The highest BCUT2D eigenvalue weighted by Gasteiger charge is 2.37. The molecule has 0 bridgehead atoms. The van der Waals surface area contributed by atoms with Crippen LogP contribution in [-0.4, -0.2) is 39.9 Å². The highest BCUT2D eigenvalue weighted by molar-refractivity contribution is 7.16. The van der Waals surface area contributed by atoms with Gasteiger partial charge in [0.15, 0.2) is 11.4 Å². The topological polar surface area (TPSA) is 83.9 Å². The number of aryl methyl sites for hydroxylation is 1. The van der Waals surface area contributed by atoms with Crippen LogP contribution in [0.3, 0.4) is 0 Å². The summed E-state index contributed by atoms with van der Waals surface area (Å²) >= 11 is 2.89. The van der Waals surface area contributed by atoms with Crippen LogP contribution in [-0.2, 0) is 23.4 Å². The number of fused-ring (bicyclic) bond motifs is 2. The zero-order valence-electron chi connectivity index (χ0n) is 19.2. The molecule has 0 spiro atoms. The van der Waals surface area contributed by atoms with Crippen LogP contribution in [0.1, 0.15) is 35.5 Å². The zero-order valence-corrected chi connectivity index (χ0v) is 20.9. The monoisotopic (exact) mass is 514 g/mol. The Hall–Kier alpha value is -3.02. The van der Waals surface area contributed by atoms with Crippen LogP contribution in [0.15, 0.2) is 34.2 Å². The quantitative estimate of drug-likeness (QED) is 0.272. The van der Waals surface area contributed by atoms with E-state index in [1.54, 1.807) is 23.0 Å². The smallest absolute Gasteiger partial charge is 0.212 e. The fourth-order valence-corrected chi connectivity index (χ4v) is 5.86. The number of rotatable bonds is 7. The van der Waals surface area contributed by atoms with E-state index < -0.39 is 5.67 Å². The first-order valence-electron chi connectivity index (χ1n) is 11.4. The van der Waals surface area contributed by atoms with Crippen molar-refractivity contribution in [3.8, 4) is 23.0 Å². The second-order valence-electron chi connectivity index (χ2n) is 8.36. The highest BCUT2D eigenvalue weighted by atomic mass is 32.1. The standard InChI is InChI=1S/C24H23FN4O4S2/c1-3-21-28-29-11-17(27-23(29)35-21)20-10-16-18(8-15(30-2)9-19(16)33-20)32-12-14-13-34-22(26-14)24(25)4-6-31-7-5-24/h8-11,13H,3-7,12H2,1-2H3. The van der Waals surface area contributed by atoms with Gasteiger partial charge in [-0.15, -0.1) is 11.3 Å². The number of ether oxygens (including phenoxy) is 3. The second-order valence-corrected chi connectivity index (χ2v) is 10.3. The van der Waals surface area contributed by atoms with Gasteiger partial charge in [0.25, 0.3) is 0 Å². The number of benzene rings is 1. The summed E-state index contributed by atoms with van der Waals surface area (Å²) in [5.41, 5.74) is 0.577. The molecule has 0 aliphatic carbocycles. The third-order valence-electron chi connectivity index (χ3n) is 6.04. The van der Waals surface area contributed by atoms with Crippen LogP contribution in [0, 0.1) is 0 Å². The Kier molecular flexibility index (Phi) is 5.70. The Bertz CT molecular complexity index is 1470. The van der Waals surface area contributed by atoms with Gasteiger partial charge in [-0.25, -0.2) is 18.9 Å². The van der Waals surface area contributed by atoms with E-state index in [2.05, 4.69) is 22.0 Å². The maximum absolute atomic E-state index is 15.2. The summed E-state index contributed by atoms with van der Waals surface area (Å²) in [4.78, 5) is 10.0. The minimum Gasteiger partial charge on any atom is -0.496 e. The van der Waals surface area contributed by atoms with Crippen molar-refractivity contribution in [2.75, 3.05) is 20.3 Å². The number of thiazole rings is 1. The molecule has 0 amide bonds. The molecular formula is C24H23FN4O4S2. The molecule has 0 radical (unpaired) electrons.